The molecule has 1 aliphatic rings. The summed E-state index contributed by atoms with van der Waals surface area (Å²) in [6.45, 7) is 2.27. The van der Waals surface area contributed by atoms with Crippen LogP contribution in [0.5, 0.6) is 0 Å². The van der Waals surface area contributed by atoms with E-state index in [4.69, 9.17) is 13.8 Å². The average Bonchev–Trinajstić information content (AvgIpc) is 3.57. The van der Waals surface area contributed by atoms with Crippen molar-refractivity contribution in [3.8, 4) is 17.3 Å². The molecular formula is C24H20N4O3S2. The van der Waals surface area contributed by atoms with Gasteiger partial charge in [0.15, 0.2) is 10.9 Å². The Morgan fingerprint density at radius 1 is 1.18 bits per heavy atom. The van der Waals surface area contributed by atoms with E-state index in [0.29, 0.717) is 34.4 Å². The van der Waals surface area contributed by atoms with Gasteiger partial charge < -0.3 is 8.83 Å². The number of furan rings is 1. The summed E-state index contributed by atoms with van der Waals surface area (Å²) in [5.41, 5.74) is 1.97. The number of thioether (sulfide) groups is 1. The van der Waals surface area contributed by atoms with Gasteiger partial charge in [-0.2, -0.15) is 0 Å². The molecule has 6 rings (SSSR count). The summed E-state index contributed by atoms with van der Waals surface area (Å²) in [6, 6.07) is 13.2. The molecule has 0 N–H and O–H groups in total. The molecule has 0 bridgehead atoms. The van der Waals surface area contributed by atoms with Crippen LogP contribution < -0.4 is 5.56 Å². The number of fused-ring (bicyclic) bond motifs is 3. The molecule has 9 heteroatoms. The van der Waals surface area contributed by atoms with E-state index in [1.807, 2.05) is 30.3 Å². The van der Waals surface area contributed by atoms with Crippen LogP contribution in [0.15, 0.2) is 67.5 Å². The zero-order valence-corrected chi connectivity index (χ0v) is 19.5. The molecular weight excluding hydrogens is 456 g/mol. The lowest BCUT2D eigenvalue weighted by molar-refractivity contribution is 0.494. The van der Waals surface area contributed by atoms with Crippen LogP contribution >= 0.6 is 23.1 Å². The lowest BCUT2D eigenvalue weighted by Crippen LogP contribution is -2.22. The van der Waals surface area contributed by atoms with E-state index in [-0.39, 0.29) is 5.56 Å². The van der Waals surface area contributed by atoms with Crippen molar-refractivity contribution in [2.75, 3.05) is 0 Å². The summed E-state index contributed by atoms with van der Waals surface area (Å²) in [7, 11) is 0. The predicted molar refractivity (Wildman–Crippen MR) is 128 cm³/mol. The van der Waals surface area contributed by atoms with Crippen molar-refractivity contribution < 1.29 is 8.83 Å². The molecule has 33 heavy (non-hydrogen) atoms. The Morgan fingerprint density at radius 3 is 2.88 bits per heavy atom. The lowest BCUT2D eigenvalue weighted by Gasteiger charge is -2.17. The number of aryl methyl sites for hydroxylation is 1. The Labute approximate surface area is 197 Å². The monoisotopic (exact) mass is 476 g/mol. The quantitative estimate of drug-likeness (QED) is 0.244. The molecule has 0 aliphatic heterocycles. The van der Waals surface area contributed by atoms with E-state index >= 15 is 0 Å². The van der Waals surface area contributed by atoms with Crippen LogP contribution in [-0.2, 0) is 18.6 Å². The molecule has 5 aromatic rings. The fourth-order valence-electron chi connectivity index (χ4n) is 4.21. The molecule has 0 spiro atoms. The molecule has 0 saturated heterocycles. The van der Waals surface area contributed by atoms with Gasteiger partial charge in [0.25, 0.3) is 11.4 Å². The van der Waals surface area contributed by atoms with Gasteiger partial charge in [0, 0.05) is 4.88 Å². The van der Waals surface area contributed by atoms with Gasteiger partial charge in [-0.3, -0.25) is 9.36 Å². The zero-order valence-electron chi connectivity index (χ0n) is 17.9. The van der Waals surface area contributed by atoms with Gasteiger partial charge in [-0.15, -0.1) is 21.5 Å². The third-order valence-corrected chi connectivity index (χ3v) is 7.91. The molecule has 1 aromatic carbocycles. The van der Waals surface area contributed by atoms with Gasteiger partial charge in [-0.1, -0.05) is 36.9 Å². The number of hydrogen-bond donors (Lipinski definition) is 0. The van der Waals surface area contributed by atoms with Crippen molar-refractivity contribution in [2.24, 2.45) is 5.92 Å². The van der Waals surface area contributed by atoms with Gasteiger partial charge >= 0.3 is 0 Å². The number of nitrogens with zero attached hydrogens (tertiary/aromatic N) is 4. The van der Waals surface area contributed by atoms with Crippen molar-refractivity contribution in [3.63, 3.8) is 0 Å². The number of thiophene rings is 1. The van der Waals surface area contributed by atoms with E-state index in [2.05, 4.69) is 17.1 Å². The zero-order chi connectivity index (χ0) is 22.4. The van der Waals surface area contributed by atoms with Crippen molar-refractivity contribution in [3.05, 3.63) is 75.4 Å². The molecule has 1 aliphatic carbocycles. The first kappa shape index (κ1) is 20.4. The average molecular weight is 477 g/mol. The second-order valence-electron chi connectivity index (χ2n) is 8.17. The Bertz CT molecular complexity index is 1490. The normalized spacial score (nSPS) is 15.7. The highest BCUT2D eigenvalue weighted by Crippen LogP contribution is 2.37. The third kappa shape index (κ3) is 3.71. The molecule has 0 fully saturated rings. The summed E-state index contributed by atoms with van der Waals surface area (Å²) >= 11 is 3.07. The molecule has 166 valence electrons. The summed E-state index contributed by atoms with van der Waals surface area (Å²) in [4.78, 5) is 20.9. The Morgan fingerprint density at radius 2 is 2.06 bits per heavy atom. The highest BCUT2D eigenvalue weighted by molar-refractivity contribution is 7.98. The Hall–Kier alpha value is -3.17. The fourth-order valence-corrected chi connectivity index (χ4v) is 6.48. The first-order valence-corrected chi connectivity index (χ1v) is 12.6. The number of rotatable bonds is 5. The molecule has 1 atom stereocenters. The molecule has 4 aromatic heterocycles. The molecule has 0 radical (unpaired) electrons. The van der Waals surface area contributed by atoms with Gasteiger partial charge in [-0.25, -0.2) is 4.98 Å². The minimum atomic E-state index is -0.0115. The van der Waals surface area contributed by atoms with Crippen molar-refractivity contribution >= 4 is 33.3 Å². The van der Waals surface area contributed by atoms with Crippen LogP contribution in [0.4, 0.5) is 0 Å². The number of hydrogen-bond acceptors (Lipinski definition) is 8. The molecule has 0 amide bonds. The van der Waals surface area contributed by atoms with E-state index in [1.165, 1.54) is 22.2 Å². The highest BCUT2D eigenvalue weighted by atomic mass is 32.2. The summed E-state index contributed by atoms with van der Waals surface area (Å²) < 4.78 is 12.8. The van der Waals surface area contributed by atoms with Crippen molar-refractivity contribution in [1.29, 1.82) is 0 Å². The highest BCUT2D eigenvalue weighted by Gasteiger charge is 2.25. The fraction of sp³-hybridized carbons (Fsp3) is 0.250. The second-order valence-corrected chi connectivity index (χ2v) is 10.2. The lowest BCUT2D eigenvalue weighted by atomic mass is 9.89. The first-order chi connectivity index (χ1) is 16.2. The SMILES string of the molecule is CC1CCc2c(sc3nc(SCc4nnc(-c5ccco5)o4)n(-c4ccccc4)c(=O)c23)C1. The molecule has 0 saturated carbocycles. The number of benzene rings is 1. The maximum absolute atomic E-state index is 13.8. The smallest absolute Gasteiger partial charge is 0.283 e. The second kappa shape index (κ2) is 8.31. The predicted octanol–water partition coefficient (Wildman–Crippen LogP) is 5.51. The Kier molecular flexibility index (Phi) is 5.15. The van der Waals surface area contributed by atoms with E-state index in [1.54, 1.807) is 34.3 Å². The van der Waals surface area contributed by atoms with Crippen molar-refractivity contribution in [2.45, 2.75) is 37.1 Å². The minimum absolute atomic E-state index is 0.0115. The summed E-state index contributed by atoms with van der Waals surface area (Å²) in [5.74, 6) is 2.33. The maximum Gasteiger partial charge on any atom is 0.283 e. The van der Waals surface area contributed by atoms with Crippen LogP contribution in [0.25, 0.3) is 27.6 Å². The first-order valence-electron chi connectivity index (χ1n) is 10.8. The van der Waals surface area contributed by atoms with Crippen molar-refractivity contribution in [1.82, 2.24) is 19.7 Å². The van der Waals surface area contributed by atoms with Crippen LogP contribution in [0.2, 0.25) is 0 Å². The van der Waals surface area contributed by atoms with Crippen LogP contribution in [0.3, 0.4) is 0 Å². The molecule has 1 unspecified atom stereocenters. The largest absolute Gasteiger partial charge is 0.459 e. The van der Waals surface area contributed by atoms with Gasteiger partial charge in [-0.05, 0) is 55.0 Å². The maximum atomic E-state index is 13.8. The molecule has 7 nitrogen and oxygen atoms in total. The third-order valence-electron chi connectivity index (χ3n) is 5.84. The van der Waals surface area contributed by atoms with Gasteiger partial charge in [0.2, 0.25) is 5.89 Å². The topological polar surface area (TPSA) is 86.9 Å². The number of para-hydroxylation sites is 1. The van der Waals surface area contributed by atoms with Crippen LogP contribution in [-0.4, -0.2) is 19.7 Å². The molecule has 4 heterocycles. The number of aromatic nitrogens is 4. The Balaban J connectivity index is 1.42. The van der Waals surface area contributed by atoms with E-state index in [0.717, 1.165) is 35.2 Å². The van der Waals surface area contributed by atoms with Crippen LogP contribution in [0, 0.1) is 5.92 Å². The van der Waals surface area contributed by atoms with E-state index in [9.17, 15) is 4.79 Å². The minimum Gasteiger partial charge on any atom is -0.459 e. The van der Waals surface area contributed by atoms with Gasteiger partial charge in [0.05, 0.1) is 23.1 Å². The standard InChI is InChI=1S/C24H20N4O3S2/c1-14-9-10-16-18(12-14)33-22-20(16)23(29)28(15-6-3-2-4-7-15)24(25-22)32-13-19-26-27-21(31-19)17-8-5-11-30-17/h2-8,11,14H,9-10,12-13H2,1H3. The summed E-state index contributed by atoms with van der Waals surface area (Å²) in [6.07, 6.45) is 4.62. The van der Waals surface area contributed by atoms with E-state index < -0.39 is 0 Å². The van der Waals surface area contributed by atoms with Crippen LogP contribution in [0.1, 0.15) is 29.7 Å². The summed E-state index contributed by atoms with van der Waals surface area (Å²) in [5, 5.41) is 9.57. The van der Waals surface area contributed by atoms with Gasteiger partial charge in [0.1, 0.15) is 4.83 Å².